The molecule has 2 aliphatic heterocycles. The van der Waals surface area contributed by atoms with Gasteiger partial charge in [0.1, 0.15) is 17.5 Å². The number of ether oxygens (including phenoxy) is 1. The van der Waals surface area contributed by atoms with Crippen molar-refractivity contribution in [2.75, 3.05) is 62.7 Å². The molecule has 0 saturated carbocycles. The van der Waals surface area contributed by atoms with E-state index >= 15 is 0 Å². The van der Waals surface area contributed by atoms with Gasteiger partial charge in [-0.2, -0.15) is 0 Å². The molecule has 0 radical (unpaired) electrons. The number of hydrogen-bond donors (Lipinski definition) is 1. The maximum atomic E-state index is 14.1. The molecule has 2 saturated heterocycles. The van der Waals surface area contributed by atoms with Crippen molar-refractivity contribution < 1.29 is 13.5 Å². The van der Waals surface area contributed by atoms with Crippen molar-refractivity contribution in [1.29, 1.82) is 0 Å². The number of aromatic nitrogens is 1. The molecule has 0 spiro atoms. The van der Waals surface area contributed by atoms with Crippen molar-refractivity contribution in [3.63, 3.8) is 0 Å². The van der Waals surface area contributed by atoms with Crippen molar-refractivity contribution in [2.45, 2.75) is 19.6 Å². The Balaban J connectivity index is 1.29. The highest BCUT2D eigenvalue weighted by atomic mass is 19.1. The number of rotatable bonds is 4. The van der Waals surface area contributed by atoms with Crippen LogP contribution in [0, 0.1) is 11.6 Å². The first kappa shape index (κ1) is 22.3. The molecule has 1 aromatic heterocycles. The van der Waals surface area contributed by atoms with Crippen LogP contribution in [-0.2, 0) is 11.3 Å². The summed E-state index contributed by atoms with van der Waals surface area (Å²) in [6.07, 6.45) is 2.11. The number of anilines is 2. The highest BCUT2D eigenvalue weighted by Gasteiger charge is 2.22. The van der Waals surface area contributed by atoms with E-state index in [9.17, 15) is 8.78 Å². The van der Waals surface area contributed by atoms with Gasteiger partial charge in [-0.3, -0.25) is 4.99 Å². The van der Waals surface area contributed by atoms with Crippen LogP contribution >= 0.6 is 0 Å². The molecule has 0 amide bonds. The van der Waals surface area contributed by atoms with E-state index in [4.69, 9.17) is 4.74 Å². The molecule has 9 heteroatoms. The van der Waals surface area contributed by atoms with Gasteiger partial charge in [0.05, 0.1) is 18.4 Å². The fourth-order valence-corrected chi connectivity index (χ4v) is 4.14. The molecular weight excluding hydrogens is 414 g/mol. The molecule has 172 valence electrons. The average molecular weight is 445 g/mol. The van der Waals surface area contributed by atoms with E-state index in [-0.39, 0.29) is 6.10 Å². The lowest BCUT2D eigenvalue weighted by molar-refractivity contribution is 0.0529. The minimum Gasteiger partial charge on any atom is -0.375 e. The monoisotopic (exact) mass is 444 g/mol. The number of nitrogens with zero attached hydrogens (tertiary/aromatic N) is 5. The number of nitrogens with one attached hydrogen (secondary N) is 1. The first-order valence-corrected chi connectivity index (χ1v) is 11.0. The van der Waals surface area contributed by atoms with E-state index in [1.54, 1.807) is 7.05 Å². The Morgan fingerprint density at radius 3 is 2.62 bits per heavy atom. The second-order valence-electron chi connectivity index (χ2n) is 8.12. The molecule has 1 aromatic carbocycles. The predicted octanol–water partition coefficient (Wildman–Crippen LogP) is 2.48. The normalized spacial score (nSPS) is 19.9. The predicted molar refractivity (Wildman–Crippen MR) is 122 cm³/mol. The quantitative estimate of drug-likeness (QED) is 0.578. The van der Waals surface area contributed by atoms with E-state index < -0.39 is 11.6 Å². The van der Waals surface area contributed by atoms with Gasteiger partial charge < -0.3 is 24.8 Å². The van der Waals surface area contributed by atoms with Crippen molar-refractivity contribution in [1.82, 2.24) is 15.2 Å². The van der Waals surface area contributed by atoms with Crippen LogP contribution in [0.25, 0.3) is 0 Å². The van der Waals surface area contributed by atoms with E-state index in [1.165, 1.54) is 12.1 Å². The Hall–Kier alpha value is -2.94. The summed E-state index contributed by atoms with van der Waals surface area (Å²) in [7, 11) is 1.75. The molecular formula is C23H30F2N6O. The zero-order chi connectivity index (χ0) is 22.5. The third kappa shape index (κ3) is 5.27. The molecule has 7 nitrogen and oxygen atoms in total. The third-order valence-electron chi connectivity index (χ3n) is 5.86. The number of morpholine rings is 1. The second-order valence-corrected chi connectivity index (χ2v) is 8.12. The van der Waals surface area contributed by atoms with Crippen LogP contribution in [0.5, 0.6) is 0 Å². The van der Waals surface area contributed by atoms with Crippen molar-refractivity contribution in [3.8, 4) is 0 Å². The molecule has 1 N–H and O–H groups in total. The fraction of sp³-hybridized carbons (Fsp3) is 0.478. The van der Waals surface area contributed by atoms with Crippen LogP contribution in [0.2, 0.25) is 0 Å². The first-order chi connectivity index (χ1) is 15.5. The Labute approximate surface area is 187 Å². The lowest BCUT2D eigenvalue weighted by atomic mass is 10.2. The van der Waals surface area contributed by atoms with Gasteiger partial charge in [0.25, 0.3) is 0 Å². The van der Waals surface area contributed by atoms with Gasteiger partial charge in [-0.1, -0.05) is 6.07 Å². The molecule has 1 unspecified atom stereocenters. The smallest absolute Gasteiger partial charge is 0.194 e. The van der Waals surface area contributed by atoms with Crippen LogP contribution in [-0.4, -0.2) is 74.9 Å². The zero-order valence-electron chi connectivity index (χ0n) is 18.6. The summed E-state index contributed by atoms with van der Waals surface area (Å²) in [6.45, 7) is 7.63. The summed E-state index contributed by atoms with van der Waals surface area (Å²) < 4.78 is 33.2. The lowest BCUT2D eigenvalue weighted by Gasteiger charge is -2.37. The number of halogens is 2. The van der Waals surface area contributed by atoms with Gasteiger partial charge in [-0.25, -0.2) is 13.8 Å². The number of guanidine groups is 1. The van der Waals surface area contributed by atoms with E-state index in [0.29, 0.717) is 38.4 Å². The maximum Gasteiger partial charge on any atom is 0.194 e. The molecule has 32 heavy (non-hydrogen) atoms. The summed E-state index contributed by atoms with van der Waals surface area (Å²) in [4.78, 5) is 15.3. The Morgan fingerprint density at radius 1 is 1.12 bits per heavy atom. The largest absolute Gasteiger partial charge is 0.375 e. The Morgan fingerprint density at radius 2 is 1.94 bits per heavy atom. The molecule has 2 aromatic rings. The van der Waals surface area contributed by atoms with E-state index in [2.05, 4.69) is 38.1 Å². The zero-order valence-corrected chi connectivity index (χ0v) is 18.6. The van der Waals surface area contributed by atoms with Gasteiger partial charge >= 0.3 is 0 Å². The lowest BCUT2D eigenvalue weighted by Crippen LogP contribution is -2.52. The Kier molecular flexibility index (Phi) is 7.04. The minimum atomic E-state index is -0.427. The van der Waals surface area contributed by atoms with Gasteiger partial charge in [-0.05, 0) is 30.7 Å². The first-order valence-electron chi connectivity index (χ1n) is 11.0. The maximum absolute atomic E-state index is 14.1. The van der Waals surface area contributed by atoms with Gasteiger partial charge in [0.2, 0.25) is 0 Å². The average Bonchev–Trinajstić information content (AvgIpc) is 2.82. The Bertz CT molecular complexity index is 931. The molecule has 3 heterocycles. The highest BCUT2D eigenvalue weighted by molar-refractivity contribution is 5.80. The van der Waals surface area contributed by atoms with Crippen molar-refractivity contribution in [2.24, 2.45) is 4.99 Å². The highest BCUT2D eigenvalue weighted by Crippen LogP contribution is 2.22. The topological polar surface area (TPSA) is 56.2 Å². The van der Waals surface area contributed by atoms with Gasteiger partial charge in [0.15, 0.2) is 5.96 Å². The molecule has 4 rings (SSSR count). The standard InChI is InChI=1S/C23H30F2N6O/c1-17-16-31(11-12-32-17)22-6-3-18(14-27-22)15-28-23(26-2)30-9-7-29(8-10-30)21-13-19(24)4-5-20(21)25/h3-6,13-14,17H,7-12,15-16H2,1-2H3,(H,26,28). The summed E-state index contributed by atoms with van der Waals surface area (Å²) in [5.41, 5.74) is 1.38. The van der Waals surface area contributed by atoms with Gasteiger partial charge in [-0.15, -0.1) is 0 Å². The van der Waals surface area contributed by atoms with Crippen LogP contribution in [0.4, 0.5) is 20.3 Å². The number of benzene rings is 1. The van der Waals surface area contributed by atoms with Crippen molar-refractivity contribution >= 4 is 17.5 Å². The summed E-state index contributed by atoms with van der Waals surface area (Å²) in [5, 5.41) is 3.39. The van der Waals surface area contributed by atoms with Crippen LogP contribution < -0.4 is 15.1 Å². The molecule has 0 bridgehead atoms. The minimum absolute atomic E-state index is 0.216. The number of hydrogen-bond acceptors (Lipinski definition) is 5. The van der Waals surface area contributed by atoms with E-state index in [0.717, 1.165) is 43.1 Å². The molecule has 2 fully saturated rings. The third-order valence-corrected chi connectivity index (χ3v) is 5.86. The SMILES string of the molecule is CN=C(NCc1ccc(N2CCOC(C)C2)nc1)N1CCN(c2cc(F)ccc2F)CC1. The number of pyridine rings is 1. The second kappa shape index (κ2) is 10.1. The number of aliphatic imine (C=N–C) groups is 1. The number of piperazine rings is 1. The molecule has 2 aliphatic rings. The summed E-state index contributed by atoms with van der Waals surface area (Å²) in [6, 6.07) is 7.70. The van der Waals surface area contributed by atoms with Crippen molar-refractivity contribution in [3.05, 3.63) is 53.7 Å². The fourth-order valence-electron chi connectivity index (χ4n) is 4.14. The van der Waals surface area contributed by atoms with Crippen LogP contribution in [0.3, 0.4) is 0 Å². The van der Waals surface area contributed by atoms with E-state index in [1.807, 2.05) is 17.2 Å². The molecule has 1 atom stereocenters. The summed E-state index contributed by atoms with van der Waals surface area (Å²) in [5.74, 6) is 0.929. The summed E-state index contributed by atoms with van der Waals surface area (Å²) >= 11 is 0. The van der Waals surface area contributed by atoms with Gasteiger partial charge in [0, 0.05) is 65.1 Å². The van der Waals surface area contributed by atoms with Crippen LogP contribution in [0.15, 0.2) is 41.5 Å². The van der Waals surface area contributed by atoms with Crippen LogP contribution in [0.1, 0.15) is 12.5 Å². The molecule has 0 aliphatic carbocycles.